The summed E-state index contributed by atoms with van der Waals surface area (Å²) in [7, 11) is 0. The molecule has 0 radical (unpaired) electrons. The van der Waals surface area contributed by atoms with E-state index in [1.165, 1.54) is 11.1 Å². The number of hydrogen-bond donors (Lipinski definition) is 1. The highest BCUT2D eigenvalue weighted by molar-refractivity contribution is 5.78. The molecule has 0 atom stereocenters. The Labute approximate surface area is 149 Å². The van der Waals surface area contributed by atoms with Gasteiger partial charge >= 0.3 is 0 Å². The van der Waals surface area contributed by atoms with Gasteiger partial charge in [-0.05, 0) is 24.0 Å². The van der Waals surface area contributed by atoms with Gasteiger partial charge in [-0.2, -0.15) is 0 Å². The van der Waals surface area contributed by atoms with Crippen molar-refractivity contribution in [3.63, 3.8) is 0 Å². The highest BCUT2D eigenvalue weighted by atomic mass is 16.2. The van der Waals surface area contributed by atoms with Crippen LogP contribution in [0, 0.1) is 0 Å². The van der Waals surface area contributed by atoms with Crippen molar-refractivity contribution >= 4 is 11.8 Å². The number of nitrogens with one attached hydrogen (secondary N) is 1. The summed E-state index contributed by atoms with van der Waals surface area (Å²) in [5.41, 5.74) is 2.40. The summed E-state index contributed by atoms with van der Waals surface area (Å²) < 4.78 is 0. The van der Waals surface area contributed by atoms with Gasteiger partial charge in [-0.1, -0.05) is 60.7 Å². The number of hydrogen-bond acceptors (Lipinski definition) is 2. The summed E-state index contributed by atoms with van der Waals surface area (Å²) >= 11 is 0. The lowest BCUT2D eigenvalue weighted by molar-refractivity contribution is -0.129. The Morgan fingerprint density at radius 3 is 1.96 bits per heavy atom. The molecule has 0 spiro atoms. The molecule has 0 fully saturated rings. The zero-order valence-corrected chi connectivity index (χ0v) is 14.8. The Morgan fingerprint density at radius 2 is 1.40 bits per heavy atom. The van der Waals surface area contributed by atoms with E-state index in [0.29, 0.717) is 26.1 Å². The number of amides is 2. The van der Waals surface area contributed by atoms with Gasteiger partial charge in [0.05, 0.1) is 0 Å². The molecular formula is C21H26N2O2. The number of nitrogens with zero attached hydrogens (tertiary/aromatic N) is 1. The fourth-order valence-corrected chi connectivity index (χ4v) is 2.65. The molecule has 0 saturated heterocycles. The topological polar surface area (TPSA) is 49.4 Å². The van der Waals surface area contributed by atoms with Crippen molar-refractivity contribution in [2.24, 2.45) is 0 Å². The van der Waals surface area contributed by atoms with E-state index in [0.717, 1.165) is 12.8 Å². The molecule has 2 rings (SSSR count). The average molecular weight is 338 g/mol. The van der Waals surface area contributed by atoms with E-state index >= 15 is 0 Å². The van der Waals surface area contributed by atoms with Crippen LogP contribution in [0.5, 0.6) is 0 Å². The Morgan fingerprint density at radius 1 is 0.840 bits per heavy atom. The summed E-state index contributed by atoms with van der Waals surface area (Å²) in [6.45, 7) is 3.27. The summed E-state index contributed by atoms with van der Waals surface area (Å²) in [4.78, 5) is 25.5. The van der Waals surface area contributed by atoms with Crippen LogP contribution in [-0.4, -0.2) is 36.3 Å². The third-order valence-corrected chi connectivity index (χ3v) is 4.15. The molecule has 0 unspecified atom stereocenters. The van der Waals surface area contributed by atoms with Crippen LogP contribution in [0.15, 0.2) is 60.7 Å². The number of benzene rings is 2. The molecule has 132 valence electrons. The van der Waals surface area contributed by atoms with Crippen LogP contribution in [0.4, 0.5) is 0 Å². The molecule has 0 saturated carbocycles. The zero-order chi connectivity index (χ0) is 17.9. The van der Waals surface area contributed by atoms with Crippen LogP contribution < -0.4 is 5.32 Å². The van der Waals surface area contributed by atoms with Crippen LogP contribution in [0.3, 0.4) is 0 Å². The van der Waals surface area contributed by atoms with E-state index in [2.05, 4.69) is 17.4 Å². The molecule has 2 aromatic rings. The first-order valence-corrected chi connectivity index (χ1v) is 8.75. The maximum absolute atomic E-state index is 12.0. The van der Waals surface area contributed by atoms with Gasteiger partial charge in [-0.3, -0.25) is 9.59 Å². The third-order valence-electron chi connectivity index (χ3n) is 4.15. The fraction of sp³-hybridized carbons (Fsp3) is 0.333. The van der Waals surface area contributed by atoms with Crippen molar-refractivity contribution in [1.82, 2.24) is 10.2 Å². The normalized spacial score (nSPS) is 10.3. The third kappa shape index (κ3) is 7.21. The highest BCUT2D eigenvalue weighted by Gasteiger charge is 2.11. The van der Waals surface area contributed by atoms with E-state index in [-0.39, 0.29) is 11.8 Å². The Hall–Kier alpha value is -2.62. The quantitative estimate of drug-likeness (QED) is 0.764. The van der Waals surface area contributed by atoms with Gasteiger partial charge in [-0.15, -0.1) is 0 Å². The SMILES string of the molecule is CC(=O)N(CCC(=O)NCCc1ccccc1)CCc1ccccc1. The molecule has 0 aromatic heterocycles. The molecular weight excluding hydrogens is 312 g/mol. The summed E-state index contributed by atoms with van der Waals surface area (Å²) in [5, 5.41) is 2.92. The minimum absolute atomic E-state index is 0.00742. The molecule has 25 heavy (non-hydrogen) atoms. The standard InChI is InChI=1S/C21H26N2O2/c1-18(24)23(16-13-20-10-6-3-7-11-20)17-14-21(25)22-15-12-19-8-4-2-5-9-19/h2-11H,12-17H2,1H3,(H,22,25). The molecule has 4 heteroatoms. The largest absolute Gasteiger partial charge is 0.356 e. The van der Waals surface area contributed by atoms with E-state index in [9.17, 15) is 9.59 Å². The van der Waals surface area contributed by atoms with E-state index in [1.807, 2.05) is 48.5 Å². The molecule has 0 aliphatic rings. The second-order valence-electron chi connectivity index (χ2n) is 6.08. The van der Waals surface area contributed by atoms with Gasteiger partial charge in [0, 0.05) is 33.0 Å². The van der Waals surface area contributed by atoms with Gasteiger partial charge in [0.25, 0.3) is 0 Å². The Kier molecular flexibility index (Phi) is 7.70. The fourth-order valence-electron chi connectivity index (χ4n) is 2.65. The highest BCUT2D eigenvalue weighted by Crippen LogP contribution is 2.03. The van der Waals surface area contributed by atoms with Crippen molar-refractivity contribution in [2.75, 3.05) is 19.6 Å². The number of carbonyl (C=O) groups excluding carboxylic acids is 2. The lowest BCUT2D eigenvalue weighted by atomic mass is 10.1. The first kappa shape index (κ1) is 18.7. The molecule has 0 heterocycles. The van der Waals surface area contributed by atoms with Crippen molar-refractivity contribution < 1.29 is 9.59 Å². The first-order valence-electron chi connectivity index (χ1n) is 8.75. The van der Waals surface area contributed by atoms with Crippen LogP contribution in [0.2, 0.25) is 0 Å². The number of rotatable bonds is 9. The molecule has 1 N–H and O–H groups in total. The number of carbonyl (C=O) groups is 2. The smallest absolute Gasteiger partial charge is 0.221 e. The summed E-state index contributed by atoms with van der Waals surface area (Å²) in [6, 6.07) is 20.1. The van der Waals surface area contributed by atoms with E-state index in [1.54, 1.807) is 11.8 Å². The van der Waals surface area contributed by atoms with Crippen molar-refractivity contribution in [2.45, 2.75) is 26.2 Å². The molecule has 4 nitrogen and oxygen atoms in total. The molecule has 0 aliphatic heterocycles. The lowest BCUT2D eigenvalue weighted by Crippen LogP contribution is -2.35. The maximum Gasteiger partial charge on any atom is 0.221 e. The van der Waals surface area contributed by atoms with Gasteiger partial charge in [0.1, 0.15) is 0 Å². The second-order valence-corrected chi connectivity index (χ2v) is 6.08. The minimum atomic E-state index is -0.0121. The van der Waals surface area contributed by atoms with Gasteiger partial charge < -0.3 is 10.2 Å². The van der Waals surface area contributed by atoms with Crippen molar-refractivity contribution in [1.29, 1.82) is 0 Å². The van der Waals surface area contributed by atoms with E-state index in [4.69, 9.17) is 0 Å². The van der Waals surface area contributed by atoms with Crippen LogP contribution in [0.25, 0.3) is 0 Å². The van der Waals surface area contributed by atoms with E-state index < -0.39 is 0 Å². The van der Waals surface area contributed by atoms with Crippen molar-refractivity contribution in [3.05, 3.63) is 71.8 Å². The van der Waals surface area contributed by atoms with Crippen molar-refractivity contribution in [3.8, 4) is 0 Å². The maximum atomic E-state index is 12.0. The van der Waals surface area contributed by atoms with Gasteiger partial charge in [0.2, 0.25) is 11.8 Å². The predicted octanol–water partition coefficient (Wildman–Crippen LogP) is 2.83. The Balaban J connectivity index is 1.69. The minimum Gasteiger partial charge on any atom is -0.356 e. The molecule has 0 bridgehead atoms. The monoisotopic (exact) mass is 338 g/mol. The molecule has 2 amide bonds. The zero-order valence-electron chi connectivity index (χ0n) is 14.8. The second kappa shape index (κ2) is 10.3. The van der Waals surface area contributed by atoms with Crippen LogP contribution in [-0.2, 0) is 22.4 Å². The summed E-state index contributed by atoms with van der Waals surface area (Å²) in [6.07, 6.45) is 1.95. The lowest BCUT2D eigenvalue weighted by Gasteiger charge is -2.21. The van der Waals surface area contributed by atoms with Gasteiger partial charge in [-0.25, -0.2) is 0 Å². The molecule has 0 aliphatic carbocycles. The first-order chi connectivity index (χ1) is 12.1. The Bertz CT molecular complexity index is 656. The van der Waals surface area contributed by atoms with Gasteiger partial charge in [0.15, 0.2) is 0 Å². The average Bonchev–Trinajstić information content (AvgIpc) is 2.63. The predicted molar refractivity (Wildman–Crippen MR) is 100 cm³/mol. The summed E-state index contributed by atoms with van der Waals surface area (Å²) in [5.74, 6) is -0.00471. The molecule has 2 aromatic carbocycles. The van der Waals surface area contributed by atoms with Crippen LogP contribution >= 0.6 is 0 Å². The van der Waals surface area contributed by atoms with Crippen LogP contribution in [0.1, 0.15) is 24.5 Å².